The third-order valence-electron chi connectivity index (χ3n) is 2.58. The van der Waals surface area contributed by atoms with Crippen molar-refractivity contribution >= 4 is 17.7 Å². The predicted molar refractivity (Wildman–Crippen MR) is 74.8 cm³/mol. The summed E-state index contributed by atoms with van der Waals surface area (Å²) in [6.45, 7) is 4.30. The number of likely N-dealkylation sites (N-methyl/N-ethyl adjacent to an activating group) is 1. The highest BCUT2D eigenvalue weighted by Crippen LogP contribution is 2.20. The number of nitrogens with one attached hydrogen (secondary N) is 1. The molecular formula is C14H20N2O2. The van der Waals surface area contributed by atoms with E-state index in [9.17, 15) is 9.90 Å². The highest BCUT2D eigenvalue weighted by Gasteiger charge is 2.06. The molecule has 0 bridgehead atoms. The number of aliphatic hydroxyl groups excluding tert-OH is 1. The van der Waals surface area contributed by atoms with Crippen molar-refractivity contribution in [2.45, 2.75) is 13.8 Å². The maximum absolute atomic E-state index is 11.4. The number of nitrogens with zero attached hydrogens (tertiary/aromatic N) is 1. The third kappa shape index (κ3) is 3.52. The minimum atomic E-state index is -0.452. The summed E-state index contributed by atoms with van der Waals surface area (Å²) in [6.07, 6.45) is 1.47. The minimum Gasteiger partial charge on any atom is -0.503 e. The number of carbonyl (C=O) groups is 1. The molecule has 0 aliphatic heterocycles. The topological polar surface area (TPSA) is 52.6 Å². The van der Waals surface area contributed by atoms with Gasteiger partial charge in [0, 0.05) is 26.3 Å². The molecule has 0 radical (unpaired) electrons. The minimum absolute atomic E-state index is 0.270. The highest BCUT2D eigenvalue weighted by atomic mass is 16.3. The van der Waals surface area contributed by atoms with Crippen LogP contribution in [0.5, 0.6) is 0 Å². The van der Waals surface area contributed by atoms with Crippen LogP contribution in [-0.4, -0.2) is 31.7 Å². The fraction of sp³-hybridized carbons (Fsp3) is 0.357. The van der Waals surface area contributed by atoms with E-state index in [4.69, 9.17) is 0 Å². The molecule has 1 aromatic rings. The van der Waals surface area contributed by atoms with Gasteiger partial charge >= 0.3 is 0 Å². The maximum atomic E-state index is 11.4. The SMILES string of the molecule is CCNC(=O)/C(O)=C\c1ccc(N(C)C)c(C)c1. The van der Waals surface area contributed by atoms with Crippen LogP contribution >= 0.6 is 0 Å². The Morgan fingerprint density at radius 3 is 2.61 bits per heavy atom. The smallest absolute Gasteiger partial charge is 0.286 e. The van der Waals surface area contributed by atoms with Crippen molar-refractivity contribution in [1.82, 2.24) is 5.32 Å². The average molecular weight is 248 g/mol. The molecule has 0 aromatic heterocycles. The summed E-state index contributed by atoms with van der Waals surface area (Å²) in [5.74, 6) is -0.722. The second-order valence-electron chi connectivity index (χ2n) is 4.33. The summed E-state index contributed by atoms with van der Waals surface area (Å²) in [7, 11) is 3.95. The van der Waals surface area contributed by atoms with Crippen molar-refractivity contribution in [2.75, 3.05) is 25.5 Å². The second kappa shape index (κ2) is 6.10. The van der Waals surface area contributed by atoms with Crippen LogP contribution in [0, 0.1) is 6.92 Å². The lowest BCUT2D eigenvalue weighted by atomic mass is 10.1. The van der Waals surface area contributed by atoms with Gasteiger partial charge in [0.25, 0.3) is 5.91 Å². The van der Waals surface area contributed by atoms with Gasteiger partial charge in [-0.25, -0.2) is 0 Å². The number of anilines is 1. The third-order valence-corrected chi connectivity index (χ3v) is 2.58. The van der Waals surface area contributed by atoms with Gasteiger partial charge in [0.2, 0.25) is 0 Å². The van der Waals surface area contributed by atoms with E-state index in [0.717, 1.165) is 16.8 Å². The van der Waals surface area contributed by atoms with E-state index in [1.807, 2.05) is 44.1 Å². The summed E-state index contributed by atoms with van der Waals surface area (Å²) in [5.41, 5.74) is 3.02. The first-order valence-electron chi connectivity index (χ1n) is 5.92. The molecule has 4 heteroatoms. The summed E-state index contributed by atoms with van der Waals surface area (Å²) >= 11 is 0. The van der Waals surface area contributed by atoms with E-state index in [2.05, 4.69) is 5.32 Å². The predicted octanol–water partition coefficient (Wildman–Crippen LogP) is 2.10. The van der Waals surface area contributed by atoms with Gasteiger partial charge in [-0.05, 0) is 43.2 Å². The zero-order valence-electron chi connectivity index (χ0n) is 11.3. The number of aryl methyl sites for hydroxylation is 1. The van der Waals surface area contributed by atoms with E-state index >= 15 is 0 Å². The molecule has 0 saturated heterocycles. The van der Waals surface area contributed by atoms with Crippen molar-refractivity contribution in [3.63, 3.8) is 0 Å². The summed E-state index contributed by atoms with van der Waals surface area (Å²) < 4.78 is 0. The molecule has 1 aromatic carbocycles. The quantitative estimate of drug-likeness (QED) is 0.633. The number of amides is 1. The van der Waals surface area contributed by atoms with E-state index in [-0.39, 0.29) is 5.76 Å². The van der Waals surface area contributed by atoms with Crippen molar-refractivity contribution in [3.05, 3.63) is 35.1 Å². The number of hydrogen-bond acceptors (Lipinski definition) is 3. The van der Waals surface area contributed by atoms with Crippen molar-refractivity contribution in [3.8, 4) is 0 Å². The Bertz CT molecular complexity index is 465. The molecule has 0 aliphatic carbocycles. The summed E-state index contributed by atoms with van der Waals surface area (Å²) in [4.78, 5) is 13.4. The summed E-state index contributed by atoms with van der Waals surface area (Å²) in [5, 5.41) is 12.2. The Labute approximate surface area is 108 Å². The van der Waals surface area contributed by atoms with Gasteiger partial charge in [-0.3, -0.25) is 4.79 Å². The number of carbonyl (C=O) groups excluding carboxylic acids is 1. The molecule has 98 valence electrons. The Kier molecular flexibility index (Phi) is 4.77. The van der Waals surface area contributed by atoms with Gasteiger partial charge in [0.15, 0.2) is 5.76 Å². The Balaban J connectivity index is 2.95. The first-order chi connectivity index (χ1) is 8.45. The monoisotopic (exact) mass is 248 g/mol. The molecule has 0 spiro atoms. The molecule has 0 saturated carbocycles. The van der Waals surface area contributed by atoms with Crippen LogP contribution in [0.25, 0.3) is 6.08 Å². The number of hydrogen-bond donors (Lipinski definition) is 2. The van der Waals surface area contributed by atoms with Crippen LogP contribution in [-0.2, 0) is 4.79 Å². The number of aliphatic hydroxyl groups is 1. The molecule has 0 unspecified atom stereocenters. The Morgan fingerprint density at radius 2 is 2.11 bits per heavy atom. The molecule has 0 atom stereocenters. The standard InChI is InChI=1S/C14H20N2O2/c1-5-15-14(18)13(17)9-11-6-7-12(16(3)4)10(2)8-11/h6-9,17H,5H2,1-4H3,(H,15,18)/b13-9+. The van der Waals surface area contributed by atoms with Gasteiger partial charge in [-0.15, -0.1) is 0 Å². The first-order valence-corrected chi connectivity index (χ1v) is 5.92. The van der Waals surface area contributed by atoms with Gasteiger partial charge in [0.05, 0.1) is 0 Å². The number of benzene rings is 1. The second-order valence-corrected chi connectivity index (χ2v) is 4.33. The lowest BCUT2D eigenvalue weighted by molar-refractivity contribution is -0.119. The van der Waals surface area contributed by atoms with Crippen LogP contribution in [0.4, 0.5) is 5.69 Å². The van der Waals surface area contributed by atoms with Gasteiger partial charge in [0.1, 0.15) is 0 Å². The molecule has 0 aliphatic rings. The normalized spacial score (nSPS) is 11.2. The van der Waals surface area contributed by atoms with E-state index in [1.165, 1.54) is 6.08 Å². The lowest BCUT2D eigenvalue weighted by Crippen LogP contribution is -2.24. The van der Waals surface area contributed by atoms with Crippen LogP contribution in [0.15, 0.2) is 24.0 Å². The van der Waals surface area contributed by atoms with E-state index in [0.29, 0.717) is 6.54 Å². The zero-order valence-corrected chi connectivity index (χ0v) is 11.3. The fourth-order valence-corrected chi connectivity index (χ4v) is 1.74. The molecular weight excluding hydrogens is 228 g/mol. The van der Waals surface area contributed by atoms with E-state index < -0.39 is 5.91 Å². The van der Waals surface area contributed by atoms with Crippen molar-refractivity contribution < 1.29 is 9.90 Å². The van der Waals surface area contributed by atoms with E-state index in [1.54, 1.807) is 6.92 Å². The van der Waals surface area contributed by atoms with Gasteiger partial charge < -0.3 is 15.3 Å². The van der Waals surface area contributed by atoms with Crippen LogP contribution in [0.1, 0.15) is 18.1 Å². The van der Waals surface area contributed by atoms with Crippen molar-refractivity contribution in [1.29, 1.82) is 0 Å². The Morgan fingerprint density at radius 1 is 1.44 bits per heavy atom. The Hall–Kier alpha value is -1.97. The molecule has 1 amide bonds. The molecule has 18 heavy (non-hydrogen) atoms. The average Bonchev–Trinajstić information content (AvgIpc) is 2.28. The lowest BCUT2D eigenvalue weighted by Gasteiger charge is -2.15. The highest BCUT2D eigenvalue weighted by molar-refractivity contribution is 5.95. The summed E-state index contributed by atoms with van der Waals surface area (Å²) in [6, 6.07) is 5.77. The molecule has 1 rings (SSSR count). The fourth-order valence-electron chi connectivity index (χ4n) is 1.74. The van der Waals surface area contributed by atoms with Crippen molar-refractivity contribution in [2.24, 2.45) is 0 Å². The van der Waals surface area contributed by atoms with Gasteiger partial charge in [-0.2, -0.15) is 0 Å². The molecule has 0 fully saturated rings. The molecule has 4 nitrogen and oxygen atoms in total. The largest absolute Gasteiger partial charge is 0.503 e. The van der Waals surface area contributed by atoms with Gasteiger partial charge in [-0.1, -0.05) is 6.07 Å². The zero-order chi connectivity index (χ0) is 13.7. The molecule has 2 N–H and O–H groups in total. The van der Waals surface area contributed by atoms with Crippen LogP contribution in [0.2, 0.25) is 0 Å². The molecule has 0 heterocycles. The number of rotatable bonds is 4. The van der Waals surface area contributed by atoms with Crippen LogP contribution in [0.3, 0.4) is 0 Å². The maximum Gasteiger partial charge on any atom is 0.286 e. The first kappa shape index (κ1) is 14.1. The van der Waals surface area contributed by atoms with Crippen LogP contribution < -0.4 is 10.2 Å².